The number of methoxy groups -OCH3 is 1. The maximum absolute atomic E-state index is 11.9. The maximum atomic E-state index is 11.9. The van der Waals surface area contributed by atoms with E-state index in [-0.39, 0.29) is 10.1 Å². The highest BCUT2D eigenvalue weighted by Gasteiger charge is 2.17. The zero-order valence-corrected chi connectivity index (χ0v) is 19.4. The Hall–Kier alpha value is -3.23. The Kier molecular flexibility index (Phi) is 6.82. The van der Waals surface area contributed by atoms with Crippen LogP contribution in [0.1, 0.15) is 11.1 Å². The van der Waals surface area contributed by atoms with Crippen molar-refractivity contribution in [2.24, 2.45) is 0 Å². The van der Waals surface area contributed by atoms with E-state index in [1.54, 1.807) is 18.2 Å². The second-order valence-corrected chi connectivity index (χ2v) is 8.52. The average Bonchev–Trinajstić information content (AvgIpc) is 3.20. The van der Waals surface area contributed by atoms with E-state index in [1.807, 2.05) is 48.5 Å². The summed E-state index contributed by atoms with van der Waals surface area (Å²) in [5.41, 5.74) is 2.92. The summed E-state index contributed by atoms with van der Waals surface area (Å²) < 4.78 is 17.7. The maximum Gasteiger partial charge on any atom is 0.342 e. The summed E-state index contributed by atoms with van der Waals surface area (Å²) >= 11 is 4.45. The molecule has 0 spiro atoms. The number of hydrogen-bond acceptors (Lipinski definition) is 6. The van der Waals surface area contributed by atoms with Crippen LogP contribution in [0.3, 0.4) is 0 Å². The van der Waals surface area contributed by atoms with Gasteiger partial charge < -0.3 is 19.0 Å². The molecule has 6 nitrogen and oxygen atoms in total. The number of carboxylic acids is 1. The number of aliphatic carboxylic acids is 1. The molecule has 4 rings (SSSR count). The van der Waals surface area contributed by atoms with Gasteiger partial charge in [0.25, 0.3) is 5.22 Å². The molecule has 1 N–H and O–H groups in total. The third-order valence-corrected chi connectivity index (χ3v) is 5.91. The summed E-state index contributed by atoms with van der Waals surface area (Å²) in [6, 6.07) is 20.6. The van der Waals surface area contributed by atoms with Crippen molar-refractivity contribution >= 4 is 50.8 Å². The van der Waals surface area contributed by atoms with Gasteiger partial charge in [-0.05, 0) is 69.2 Å². The summed E-state index contributed by atoms with van der Waals surface area (Å²) in [5, 5.41) is 9.96. The van der Waals surface area contributed by atoms with E-state index in [9.17, 15) is 9.90 Å². The molecule has 0 amide bonds. The number of oxazole rings is 1. The minimum absolute atomic E-state index is 0.0588. The van der Waals surface area contributed by atoms with Crippen molar-refractivity contribution in [3.8, 4) is 11.5 Å². The van der Waals surface area contributed by atoms with E-state index in [1.165, 1.54) is 13.2 Å². The molecule has 0 saturated heterocycles. The Balaban J connectivity index is 1.60. The Labute approximate surface area is 197 Å². The van der Waals surface area contributed by atoms with E-state index in [4.69, 9.17) is 13.9 Å². The number of carbonyl (C=O) groups is 1. The lowest BCUT2D eigenvalue weighted by molar-refractivity contribution is -0.131. The smallest absolute Gasteiger partial charge is 0.342 e. The highest BCUT2D eigenvalue weighted by molar-refractivity contribution is 9.10. The number of hydrogen-bond donors (Lipinski definition) is 1. The van der Waals surface area contributed by atoms with Gasteiger partial charge in [0.2, 0.25) is 0 Å². The normalized spacial score (nSPS) is 11.5. The highest BCUT2D eigenvalue weighted by atomic mass is 79.9. The number of ether oxygens (including phenoxy) is 2. The summed E-state index contributed by atoms with van der Waals surface area (Å²) in [5.74, 6) is -0.0631. The van der Waals surface area contributed by atoms with Gasteiger partial charge in [-0.25, -0.2) is 9.78 Å². The molecule has 4 aromatic rings. The highest BCUT2D eigenvalue weighted by Crippen LogP contribution is 2.39. The van der Waals surface area contributed by atoms with E-state index in [0.29, 0.717) is 39.2 Å². The molecule has 0 aliphatic rings. The fourth-order valence-corrected chi connectivity index (χ4v) is 4.29. The molecule has 1 aromatic heterocycles. The zero-order chi connectivity index (χ0) is 22.5. The molecule has 1 heterocycles. The van der Waals surface area contributed by atoms with Crippen molar-refractivity contribution in [1.82, 2.24) is 4.98 Å². The standard InChI is InChI=1S/C24H18BrNO5S/c1-29-20-12-16(11-17(25)22(20)30-14-15-7-3-2-4-8-15)13-21(23(27)28)32-24-26-18-9-5-6-10-19(18)31-24/h2-13H,14H2,1H3,(H,27,28)/b21-13-. The molecule has 3 aromatic carbocycles. The summed E-state index contributed by atoms with van der Waals surface area (Å²) in [4.78, 5) is 16.3. The van der Waals surface area contributed by atoms with Crippen LogP contribution in [0.2, 0.25) is 0 Å². The molecule has 0 bridgehead atoms. The van der Waals surface area contributed by atoms with Gasteiger partial charge in [-0.15, -0.1) is 0 Å². The Bertz CT molecular complexity index is 1250. The number of nitrogens with zero attached hydrogens (tertiary/aromatic N) is 1. The van der Waals surface area contributed by atoms with Crippen LogP contribution >= 0.6 is 27.7 Å². The number of thioether (sulfide) groups is 1. The predicted octanol–water partition coefficient (Wildman–Crippen LogP) is 6.40. The second kappa shape index (κ2) is 9.93. The fraction of sp³-hybridized carbons (Fsp3) is 0.0833. The van der Waals surface area contributed by atoms with E-state index in [2.05, 4.69) is 20.9 Å². The lowest BCUT2D eigenvalue weighted by Crippen LogP contribution is -2.00. The monoisotopic (exact) mass is 511 g/mol. The Morgan fingerprint density at radius 3 is 2.62 bits per heavy atom. The van der Waals surface area contributed by atoms with E-state index < -0.39 is 5.97 Å². The van der Waals surface area contributed by atoms with Gasteiger partial charge in [-0.2, -0.15) is 0 Å². The summed E-state index contributed by atoms with van der Waals surface area (Å²) in [6.07, 6.45) is 1.54. The van der Waals surface area contributed by atoms with Gasteiger partial charge in [0.05, 0.1) is 11.6 Å². The Morgan fingerprint density at radius 2 is 1.91 bits per heavy atom. The summed E-state index contributed by atoms with van der Waals surface area (Å²) in [7, 11) is 1.54. The third-order valence-electron chi connectivity index (χ3n) is 4.46. The second-order valence-electron chi connectivity index (χ2n) is 6.67. The van der Waals surface area contributed by atoms with Crippen molar-refractivity contribution in [2.45, 2.75) is 11.8 Å². The number of aromatic nitrogens is 1. The zero-order valence-electron chi connectivity index (χ0n) is 16.9. The molecule has 0 aliphatic carbocycles. The third kappa shape index (κ3) is 5.15. The van der Waals surface area contributed by atoms with Gasteiger partial charge in [0.15, 0.2) is 17.1 Å². The molecular weight excluding hydrogens is 494 g/mol. The van der Waals surface area contributed by atoms with Crippen LogP contribution < -0.4 is 9.47 Å². The topological polar surface area (TPSA) is 81.8 Å². The molecule has 0 radical (unpaired) electrons. The molecular formula is C24H18BrNO5S. The van der Waals surface area contributed by atoms with Crippen molar-refractivity contribution in [3.63, 3.8) is 0 Å². The fourth-order valence-electron chi connectivity index (χ4n) is 2.97. The van der Waals surface area contributed by atoms with Crippen molar-refractivity contribution in [1.29, 1.82) is 0 Å². The van der Waals surface area contributed by atoms with Crippen LogP contribution in [0.5, 0.6) is 11.5 Å². The lowest BCUT2D eigenvalue weighted by atomic mass is 10.2. The van der Waals surface area contributed by atoms with Crippen molar-refractivity contribution in [3.05, 3.63) is 87.2 Å². The Morgan fingerprint density at radius 1 is 1.16 bits per heavy atom. The first-order chi connectivity index (χ1) is 15.5. The minimum atomic E-state index is -1.09. The molecule has 0 fully saturated rings. The SMILES string of the molecule is COc1cc(/C=C(\Sc2nc3ccccc3o2)C(=O)O)cc(Br)c1OCc1ccccc1. The first-order valence-electron chi connectivity index (χ1n) is 9.56. The average molecular weight is 512 g/mol. The molecule has 0 aliphatic heterocycles. The number of para-hydroxylation sites is 2. The van der Waals surface area contributed by atoms with Crippen LogP contribution in [0.4, 0.5) is 0 Å². The van der Waals surface area contributed by atoms with Crippen LogP contribution in [0.15, 0.2) is 85.7 Å². The largest absolute Gasteiger partial charge is 0.493 e. The number of carboxylic acid groups (broad SMARTS) is 1. The lowest BCUT2D eigenvalue weighted by Gasteiger charge is -2.14. The van der Waals surface area contributed by atoms with Crippen molar-refractivity contribution < 1.29 is 23.8 Å². The quantitative estimate of drug-likeness (QED) is 0.216. The molecule has 32 heavy (non-hydrogen) atoms. The molecule has 162 valence electrons. The van der Waals surface area contributed by atoms with E-state index >= 15 is 0 Å². The number of halogens is 1. The number of fused-ring (bicyclic) bond motifs is 1. The van der Waals surface area contributed by atoms with E-state index in [0.717, 1.165) is 17.3 Å². The van der Waals surface area contributed by atoms with Crippen LogP contribution in [-0.4, -0.2) is 23.2 Å². The first kappa shape index (κ1) is 22.0. The number of rotatable bonds is 8. The van der Waals surface area contributed by atoms with Crippen LogP contribution in [0, 0.1) is 0 Å². The molecule has 8 heteroatoms. The van der Waals surface area contributed by atoms with Gasteiger partial charge in [-0.3, -0.25) is 0 Å². The molecule has 0 saturated carbocycles. The summed E-state index contributed by atoms with van der Waals surface area (Å²) in [6.45, 7) is 0.374. The van der Waals surface area contributed by atoms with Gasteiger partial charge in [0, 0.05) is 0 Å². The van der Waals surface area contributed by atoms with Gasteiger partial charge in [0.1, 0.15) is 17.0 Å². The first-order valence-corrected chi connectivity index (χ1v) is 11.2. The van der Waals surface area contributed by atoms with Gasteiger partial charge in [-0.1, -0.05) is 42.5 Å². The predicted molar refractivity (Wildman–Crippen MR) is 127 cm³/mol. The van der Waals surface area contributed by atoms with Crippen LogP contribution in [-0.2, 0) is 11.4 Å². The molecule has 0 atom stereocenters. The molecule has 0 unspecified atom stereocenters. The number of benzene rings is 3. The minimum Gasteiger partial charge on any atom is -0.493 e. The van der Waals surface area contributed by atoms with Crippen LogP contribution in [0.25, 0.3) is 17.2 Å². The van der Waals surface area contributed by atoms with Crippen molar-refractivity contribution in [2.75, 3.05) is 7.11 Å². The van der Waals surface area contributed by atoms with Gasteiger partial charge >= 0.3 is 5.97 Å².